The summed E-state index contributed by atoms with van der Waals surface area (Å²) in [7, 11) is 0. The smallest absolute Gasteiger partial charge is 0.295 e. The van der Waals surface area contributed by atoms with E-state index in [0.717, 1.165) is 17.5 Å². The van der Waals surface area contributed by atoms with E-state index in [9.17, 15) is 14.7 Å². The Kier molecular flexibility index (Phi) is 7.68. The number of benzene rings is 2. The molecule has 2 aromatic carbocycles. The summed E-state index contributed by atoms with van der Waals surface area (Å²) >= 11 is 0. The number of nitrogens with zero attached hydrogens (tertiary/aromatic N) is 2. The van der Waals surface area contributed by atoms with Crippen LogP contribution in [0.25, 0.3) is 5.76 Å². The minimum absolute atomic E-state index is 0.0441. The van der Waals surface area contributed by atoms with Crippen molar-refractivity contribution in [2.24, 2.45) is 0 Å². The summed E-state index contributed by atoms with van der Waals surface area (Å²) in [4.78, 5) is 32.1. The zero-order chi connectivity index (χ0) is 25.7. The molecule has 1 aliphatic heterocycles. The topological polar surface area (TPSA) is 89.0 Å². The predicted molar refractivity (Wildman–Crippen MR) is 137 cm³/mol. The Balaban J connectivity index is 1.86. The number of pyridine rings is 1. The molecule has 0 radical (unpaired) electrons. The lowest BCUT2D eigenvalue weighted by molar-refractivity contribution is -0.140. The van der Waals surface area contributed by atoms with E-state index in [4.69, 9.17) is 9.47 Å². The molecule has 1 N–H and O–H groups in total. The van der Waals surface area contributed by atoms with Crippen LogP contribution in [0.15, 0.2) is 72.6 Å². The number of Topliss-reactive ketones (excluding diaryl/α,β-unsaturated/α-hetero) is 1. The third-order valence-electron chi connectivity index (χ3n) is 6.01. The highest BCUT2D eigenvalue weighted by Crippen LogP contribution is 2.42. The number of carbonyl (C=O) groups is 2. The molecule has 0 spiro atoms. The largest absolute Gasteiger partial charge is 0.507 e. The number of aromatic nitrogens is 1. The molecule has 186 valence electrons. The number of aliphatic hydroxyl groups excluding tert-OH is 1. The summed E-state index contributed by atoms with van der Waals surface area (Å²) in [5.41, 5.74) is 3.00. The first-order valence-corrected chi connectivity index (χ1v) is 12.1. The number of rotatable bonds is 9. The van der Waals surface area contributed by atoms with Gasteiger partial charge in [0.05, 0.1) is 24.8 Å². The standard InChI is InChI=1S/C29H30N2O5/c1-4-16-36-23-11-10-22(17-24(23)35-5-2)26-25(27(32)21-8-6-19(3)7-9-21)28(33)29(34)31(26)18-20-12-14-30-15-13-20/h6-15,17,26,32H,4-5,16,18H2,1-3H3. The molecule has 1 fully saturated rings. The first-order chi connectivity index (χ1) is 17.4. The molecule has 7 heteroatoms. The quantitative estimate of drug-likeness (QED) is 0.254. The van der Waals surface area contributed by atoms with Crippen molar-refractivity contribution >= 4 is 17.4 Å². The minimum Gasteiger partial charge on any atom is -0.507 e. The summed E-state index contributed by atoms with van der Waals surface area (Å²) in [6.45, 7) is 6.98. The molecule has 2 heterocycles. The van der Waals surface area contributed by atoms with Crippen molar-refractivity contribution in [3.63, 3.8) is 0 Å². The molecule has 1 unspecified atom stereocenters. The number of carbonyl (C=O) groups excluding carboxylic acids is 2. The Bertz CT molecular complexity index is 1270. The zero-order valence-corrected chi connectivity index (χ0v) is 20.7. The van der Waals surface area contributed by atoms with Crippen LogP contribution in [-0.4, -0.2) is 39.9 Å². The predicted octanol–water partition coefficient (Wildman–Crippen LogP) is 5.20. The minimum atomic E-state index is -0.807. The lowest BCUT2D eigenvalue weighted by Gasteiger charge is -2.26. The van der Waals surface area contributed by atoms with Gasteiger partial charge in [-0.2, -0.15) is 0 Å². The molecule has 0 saturated carbocycles. The molecule has 0 bridgehead atoms. The van der Waals surface area contributed by atoms with Gasteiger partial charge in [-0.3, -0.25) is 14.6 Å². The van der Waals surface area contributed by atoms with E-state index in [-0.39, 0.29) is 17.9 Å². The fourth-order valence-electron chi connectivity index (χ4n) is 4.24. The highest BCUT2D eigenvalue weighted by Gasteiger charge is 2.46. The Hall–Kier alpha value is -4.13. The van der Waals surface area contributed by atoms with E-state index in [1.54, 1.807) is 48.8 Å². The van der Waals surface area contributed by atoms with Gasteiger partial charge in [-0.1, -0.05) is 42.8 Å². The van der Waals surface area contributed by atoms with Gasteiger partial charge in [0, 0.05) is 24.5 Å². The maximum Gasteiger partial charge on any atom is 0.295 e. The normalized spacial score (nSPS) is 16.9. The van der Waals surface area contributed by atoms with Gasteiger partial charge < -0.3 is 19.5 Å². The highest BCUT2D eigenvalue weighted by atomic mass is 16.5. The molecule has 3 aromatic rings. The van der Waals surface area contributed by atoms with Crippen molar-refractivity contribution in [2.45, 2.75) is 39.8 Å². The number of ketones is 1. The van der Waals surface area contributed by atoms with Crippen molar-refractivity contribution < 1.29 is 24.2 Å². The second-order valence-corrected chi connectivity index (χ2v) is 8.64. The van der Waals surface area contributed by atoms with Crippen LogP contribution in [0.4, 0.5) is 0 Å². The van der Waals surface area contributed by atoms with Crippen molar-refractivity contribution in [1.82, 2.24) is 9.88 Å². The van der Waals surface area contributed by atoms with Crippen molar-refractivity contribution in [3.8, 4) is 11.5 Å². The SMILES string of the molecule is CCCOc1ccc(C2C(=C(O)c3ccc(C)cc3)C(=O)C(=O)N2Cc2ccncc2)cc1OCC. The molecule has 1 amide bonds. The molecule has 1 saturated heterocycles. The van der Waals surface area contributed by atoms with Gasteiger partial charge in [0.15, 0.2) is 11.5 Å². The van der Waals surface area contributed by atoms with Gasteiger partial charge in [-0.05, 0) is 55.7 Å². The van der Waals surface area contributed by atoms with Crippen LogP contribution >= 0.6 is 0 Å². The lowest BCUT2D eigenvalue weighted by Crippen LogP contribution is -2.29. The van der Waals surface area contributed by atoms with Crippen LogP contribution in [0.3, 0.4) is 0 Å². The molecule has 1 aliphatic rings. The lowest BCUT2D eigenvalue weighted by atomic mass is 9.94. The fraction of sp³-hybridized carbons (Fsp3) is 0.276. The molecule has 7 nitrogen and oxygen atoms in total. The van der Waals surface area contributed by atoms with Crippen molar-refractivity contribution in [2.75, 3.05) is 13.2 Å². The number of ether oxygens (including phenoxy) is 2. The Morgan fingerprint density at radius 2 is 1.69 bits per heavy atom. The van der Waals surface area contributed by atoms with Gasteiger partial charge in [0.2, 0.25) is 0 Å². The van der Waals surface area contributed by atoms with Crippen LogP contribution in [0, 0.1) is 6.92 Å². The van der Waals surface area contributed by atoms with E-state index < -0.39 is 17.7 Å². The van der Waals surface area contributed by atoms with Gasteiger partial charge >= 0.3 is 0 Å². The molecule has 1 aromatic heterocycles. The molecule has 4 rings (SSSR count). The number of aliphatic hydroxyl groups is 1. The summed E-state index contributed by atoms with van der Waals surface area (Å²) in [6, 6.07) is 15.4. The second kappa shape index (κ2) is 11.1. The molecule has 1 atom stereocenters. The first kappa shape index (κ1) is 25.0. The third kappa shape index (κ3) is 5.10. The molecular formula is C29H30N2O5. The van der Waals surface area contributed by atoms with Crippen LogP contribution < -0.4 is 9.47 Å². The summed E-state index contributed by atoms with van der Waals surface area (Å²) in [6.07, 6.45) is 4.12. The Morgan fingerprint density at radius 3 is 2.36 bits per heavy atom. The van der Waals surface area contributed by atoms with Gasteiger partial charge in [0.25, 0.3) is 11.7 Å². The number of amides is 1. The van der Waals surface area contributed by atoms with E-state index >= 15 is 0 Å². The van der Waals surface area contributed by atoms with Gasteiger partial charge in [-0.25, -0.2) is 0 Å². The maximum atomic E-state index is 13.3. The zero-order valence-electron chi connectivity index (χ0n) is 20.7. The van der Waals surface area contributed by atoms with Crippen molar-refractivity contribution in [1.29, 1.82) is 0 Å². The van der Waals surface area contributed by atoms with E-state index in [1.807, 2.05) is 39.0 Å². The third-order valence-corrected chi connectivity index (χ3v) is 6.01. The van der Waals surface area contributed by atoms with E-state index in [1.165, 1.54) is 4.90 Å². The van der Waals surface area contributed by atoms with Gasteiger partial charge in [0.1, 0.15) is 5.76 Å². The number of likely N-dealkylation sites (tertiary alicyclic amines) is 1. The number of hydrogen-bond acceptors (Lipinski definition) is 6. The van der Waals surface area contributed by atoms with Crippen LogP contribution in [0.1, 0.15) is 48.6 Å². The second-order valence-electron chi connectivity index (χ2n) is 8.64. The molecular weight excluding hydrogens is 456 g/mol. The average molecular weight is 487 g/mol. The van der Waals surface area contributed by atoms with Crippen LogP contribution in [0.2, 0.25) is 0 Å². The van der Waals surface area contributed by atoms with Gasteiger partial charge in [-0.15, -0.1) is 0 Å². The average Bonchev–Trinajstić information content (AvgIpc) is 3.13. The molecule has 36 heavy (non-hydrogen) atoms. The van der Waals surface area contributed by atoms with E-state index in [0.29, 0.717) is 35.8 Å². The number of aryl methyl sites for hydroxylation is 1. The Labute approximate surface area is 211 Å². The Morgan fingerprint density at radius 1 is 0.972 bits per heavy atom. The summed E-state index contributed by atoms with van der Waals surface area (Å²) in [5.74, 6) is -0.494. The van der Waals surface area contributed by atoms with Crippen molar-refractivity contribution in [3.05, 3.63) is 94.8 Å². The number of hydrogen-bond donors (Lipinski definition) is 1. The highest BCUT2D eigenvalue weighted by molar-refractivity contribution is 6.46. The fourth-order valence-corrected chi connectivity index (χ4v) is 4.24. The molecule has 0 aliphatic carbocycles. The maximum absolute atomic E-state index is 13.3. The first-order valence-electron chi connectivity index (χ1n) is 12.1. The summed E-state index contributed by atoms with van der Waals surface area (Å²) < 4.78 is 11.7. The monoisotopic (exact) mass is 486 g/mol. The van der Waals surface area contributed by atoms with Crippen LogP contribution in [-0.2, 0) is 16.1 Å². The summed E-state index contributed by atoms with van der Waals surface area (Å²) in [5, 5.41) is 11.3. The van der Waals surface area contributed by atoms with Crippen LogP contribution in [0.5, 0.6) is 11.5 Å². The van der Waals surface area contributed by atoms with E-state index in [2.05, 4.69) is 4.98 Å².